The van der Waals surface area contributed by atoms with Crippen LogP contribution < -0.4 is 15.7 Å². The third-order valence-electron chi connectivity index (χ3n) is 4.13. The first-order valence-electron chi connectivity index (χ1n) is 9.91. The highest BCUT2D eigenvalue weighted by Gasteiger charge is 2.15. The predicted octanol–water partition coefficient (Wildman–Crippen LogP) is 4.00. The number of H-pyrrole nitrogens is 1. The van der Waals surface area contributed by atoms with Crippen LogP contribution in [0.4, 0.5) is 4.79 Å². The van der Waals surface area contributed by atoms with E-state index in [9.17, 15) is 9.59 Å². The van der Waals surface area contributed by atoms with E-state index in [1.165, 1.54) is 0 Å². The number of hydrogen-bond donors (Lipinski definition) is 2. The van der Waals surface area contributed by atoms with Crippen LogP contribution in [0, 0.1) is 0 Å². The van der Waals surface area contributed by atoms with Crippen LogP contribution in [0.5, 0.6) is 5.75 Å². The van der Waals surface area contributed by atoms with Crippen molar-refractivity contribution >= 4 is 33.1 Å². The molecular weight excluding hydrogens is 466 g/mol. The van der Waals surface area contributed by atoms with E-state index in [1.807, 2.05) is 57.2 Å². The maximum Gasteiger partial charge on any atom is 0.407 e. The van der Waals surface area contributed by atoms with Crippen LogP contribution in [0.3, 0.4) is 0 Å². The van der Waals surface area contributed by atoms with Gasteiger partial charge in [-0.2, -0.15) is 0 Å². The zero-order valence-electron chi connectivity index (χ0n) is 17.7. The van der Waals surface area contributed by atoms with Gasteiger partial charge in [0.25, 0.3) is 0 Å². The van der Waals surface area contributed by atoms with E-state index in [0.29, 0.717) is 37.8 Å². The number of nitrogens with one attached hydrogen (secondary N) is 2. The molecule has 0 aliphatic rings. The monoisotopic (exact) mass is 491 g/mol. The molecule has 0 saturated carbocycles. The van der Waals surface area contributed by atoms with E-state index in [-0.39, 0.29) is 5.69 Å². The highest BCUT2D eigenvalue weighted by Crippen LogP contribution is 2.22. The Hall–Kier alpha value is -2.78. The number of carbonyl (C=O) groups is 1. The average molecular weight is 492 g/mol. The number of rotatable bonds is 8. The molecule has 3 rings (SSSR count). The van der Waals surface area contributed by atoms with E-state index in [4.69, 9.17) is 14.2 Å². The van der Waals surface area contributed by atoms with Gasteiger partial charge >= 0.3 is 11.8 Å². The van der Waals surface area contributed by atoms with Crippen molar-refractivity contribution in [1.29, 1.82) is 0 Å². The fourth-order valence-electron chi connectivity index (χ4n) is 2.90. The standard InChI is InChI=1S/C22H26BrN3O5/c1-22(2,3)31-21(28)24-9-10-29-11-12-30-17-6-4-5-16(14-17)26-19-13-15(23)7-8-18(19)25-20(26)27/h4-8,13-14H,9-12H2,1-3H3,(H,24,28)(H,25,27). The first-order chi connectivity index (χ1) is 14.7. The second kappa shape index (κ2) is 10.0. The number of aromatic amines is 1. The zero-order valence-corrected chi connectivity index (χ0v) is 19.3. The Kier molecular flexibility index (Phi) is 7.40. The molecule has 1 aromatic heterocycles. The molecule has 0 atom stereocenters. The van der Waals surface area contributed by atoms with E-state index >= 15 is 0 Å². The number of alkyl carbamates (subject to hydrolysis) is 1. The number of benzene rings is 2. The summed E-state index contributed by atoms with van der Waals surface area (Å²) in [6.07, 6.45) is -0.469. The lowest BCUT2D eigenvalue weighted by Gasteiger charge is -2.19. The molecule has 166 valence electrons. The molecule has 31 heavy (non-hydrogen) atoms. The second-order valence-electron chi connectivity index (χ2n) is 7.81. The van der Waals surface area contributed by atoms with Gasteiger partial charge in [0.1, 0.15) is 18.0 Å². The first-order valence-corrected chi connectivity index (χ1v) is 10.7. The van der Waals surface area contributed by atoms with Crippen LogP contribution >= 0.6 is 15.9 Å². The zero-order chi connectivity index (χ0) is 22.4. The highest BCUT2D eigenvalue weighted by molar-refractivity contribution is 9.10. The molecule has 0 aliphatic carbocycles. The van der Waals surface area contributed by atoms with Gasteiger partial charge in [-0.25, -0.2) is 9.59 Å². The smallest absolute Gasteiger partial charge is 0.407 e. The predicted molar refractivity (Wildman–Crippen MR) is 122 cm³/mol. The molecular formula is C22H26BrN3O5. The number of aromatic nitrogens is 2. The summed E-state index contributed by atoms with van der Waals surface area (Å²) in [4.78, 5) is 26.8. The summed E-state index contributed by atoms with van der Waals surface area (Å²) >= 11 is 3.45. The molecule has 0 saturated heterocycles. The van der Waals surface area contributed by atoms with Crippen molar-refractivity contribution in [3.63, 3.8) is 0 Å². The van der Waals surface area contributed by atoms with E-state index in [2.05, 4.69) is 26.2 Å². The molecule has 0 radical (unpaired) electrons. The molecule has 0 bridgehead atoms. The molecule has 1 heterocycles. The minimum absolute atomic E-state index is 0.217. The lowest BCUT2D eigenvalue weighted by atomic mass is 10.2. The number of nitrogens with zero attached hydrogens (tertiary/aromatic N) is 1. The number of amides is 1. The van der Waals surface area contributed by atoms with Gasteiger partial charge in [-0.1, -0.05) is 22.0 Å². The largest absolute Gasteiger partial charge is 0.491 e. The van der Waals surface area contributed by atoms with Crippen LogP contribution in [0.1, 0.15) is 20.8 Å². The highest BCUT2D eigenvalue weighted by atomic mass is 79.9. The molecule has 2 N–H and O–H groups in total. The van der Waals surface area contributed by atoms with Crippen molar-refractivity contribution in [2.75, 3.05) is 26.4 Å². The Morgan fingerprint density at radius 2 is 1.94 bits per heavy atom. The minimum atomic E-state index is -0.526. The fraction of sp³-hybridized carbons (Fsp3) is 0.364. The van der Waals surface area contributed by atoms with Gasteiger partial charge in [0.15, 0.2) is 0 Å². The lowest BCUT2D eigenvalue weighted by Crippen LogP contribution is -2.34. The Morgan fingerprint density at radius 3 is 2.71 bits per heavy atom. The molecule has 0 aliphatic heterocycles. The number of halogens is 1. The maximum atomic E-state index is 12.4. The molecule has 9 heteroatoms. The van der Waals surface area contributed by atoms with E-state index in [0.717, 1.165) is 15.5 Å². The van der Waals surface area contributed by atoms with Crippen LogP contribution in [-0.4, -0.2) is 47.6 Å². The molecule has 8 nitrogen and oxygen atoms in total. The lowest BCUT2D eigenvalue weighted by molar-refractivity contribution is 0.0489. The summed E-state index contributed by atoms with van der Waals surface area (Å²) in [5.74, 6) is 0.629. The molecule has 0 fully saturated rings. The number of hydrogen-bond acceptors (Lipinski definition) is 5. The number of imidazole rings is 1. The fourth-order valence-corrected chi connectivity index (χ4v) is 3.25. The molecule has 1 amide bonds. The summed E-state index contributed by atoms with van der Waals surface area (Å²) in [6, 6.07) is 12.9. The summed E-state index contributed by atoms with van der Waals surface area (Å²) < 4.78 is 18.8. The first kappa shape index (κ1) is 22.9. The normalized spacial score (nSPS) is 11.5. The number of carbonyl (C=O) groups excluding carboxylic acids is 1. The number of ether oxygens (including phenoxy) is 3. The van der Waals surface area contributed by atoms with Crippen LogP contribution in [0.25, 0.3) is 16.7 Å². The van der Waals surface area contributed by atoms with Crippen molar-refractivity contribution < 1.29 is 19.0 Å². The quantitative estimate of drug-likeness (QED) is 0.464. The van der Waals surface area contributed by atoms with Gasteiger partial charge in [-0.05, 0) is 51.1 Å². The van der Waals surface area contributed by atoms with E-state index < -0.39 is 11.7 Å². The Morgan fingerprint density at radius 1 is 1.13 bits per heavy atom. The van der Waals surface area contributed by atoms with Crippen molar-refractivity contribution in [2.45, 2.75) is 26.4 Å². The van der Waals surface area contributed by atoms with Gasteiger partial charge in [0, 0.05) is 17.1 Å². The summed E-state index contributed by atoms with van der Waals surface area (Å²) in [5, 5.41) is 2.63. The topological polar surface area (TPSA) is 94.6 Å². The second-order valence-corrected chi connectivity index (χ2v) is 8.73. The minimum Gasteiger partial charge on any atom is -0.491 e. The summed E-state index contributed by atoms with van der Waals surface area (Å²) in [7, 11) is 0. The van der Waals surface area contributed by atoms with Crippen molar-refractivity contribution in [3.8, 4) is 11.4 Å². The molecule has 0 spiro atoms. The van der Waals surface area contributed by atoms with Gasteiger partial charge in [-0.15, -0.1) is 0 Å². The van der Waals surface area contributed by atoms with E-state index in [1.54, 1.807) is 10.6 Å². The summed E-state index contributed by atoms with van der Waals surface area (Å²) in [5.41, 5.74) is 1.49. The van der Waals surface area contributed by atoms with Crippen molar-refractivity contribution in [1.82, 2.24) is 14.9 Å². The maximum absolute atomic E-state index is 12.4. The SMILES string of the molecule is CC(C)(C)OC(=O)NCCOCCOc1cccc(-n2c(=O)[nH]c3ccc(Br)cc32)c1. The third-order valence-corrected chi connectivity index (χ3v) is 4.63. The Balaban J connectivity index is 1.49. The number of fused-ring (bicyclic) bond motifs is 1. The third kappa shape index (κ3) is 6.60. The van der Waals surface area contributed by atoms with Crippen LogP contribution in [0.2, 0.25) is 0 Å². The summed E-state index contributed by atoms with van der Waals surface area (Å²) in [6.45, 7) is 6.83. The average Bonchev–Trinajstić information content (AvgIpc) is 3.01. The Bertz CT molecular complexity index is 1100. The molecule has 2 aromatic carbocycles. The van der Waals surface area contributed by atoms with Crippen LogP contribution in [0.15, 0.2) is 51.7 Å². The van der Waals surface area contributed by atoms with Gasteiger partial charge in [-0.3, -0.25) is 4.57 Å². The van der Waals surface area contributed by atoms with Gasteiger partial charge in [0.05, 0.1) is 29.9 Å². The van der Waals surface area contributed by atoms with Gasteiger partial charge in [0.2, 0.25) is 0 Å². The van der Waals surface area contributed by atoms with Crippen molar-refractivity contribution in [2.24, 2.45) is 0 Å². The van der Waals surface area contributed by atoms with Crippen LogP contribution in [-0.2, 0) is 9.47 Å². The van der Waals surface area contributed by atoms with Gasteiger partial charge < -0.3 is 24.5 Å². The molecule has 0 unspecified atom stereocenters. The molecule has 3 aromatic rings. The van der Waals surface area contributed by atoms with Crippen molar-refractivity contribution in [3.05, 3.63) is 57.4 Å². The Labute approximate surface area is 188 Å².